The highest BCUT2D eigenvalue weighted by atomic mass is 19.1. The minimum Gasteiger partial charge on any atom is -0.456 e. The van der Waals surface area contributed by atoms with Crippen LogP contribution < -0.4 is 10.5 Å². The van der Waals surface area contributed by atoms with E-state index in [-0.39, 0.29) is 11.7 Å². The van der Waals surface area contributed by atoms with Crippen LogP contribution in [0.3, 0.4) is 0 Å². The van der Waals surface area contributed by atoms with E-state index in [2.05, 4.69) is 0 Å². The molecule has 2 rings (SSSR count). The quantitative estimate of drug-likeness (QED) is 0.882. The van der Waals surface area contributed by atoms with Crippen LogP contribution >= 0.6 is 0 Å². The van der Waals surface area contributed by atoms with Crippen LogP contribution in [0.15, 0.2) is 36.4 Å². The second-order valence-electron chi connectivity index (χ2n) is 4.97. The lowest BCUT2D eigenvalue weighted by atomic mass is 10.1. The van der Waals surface area contributed by atoms with Crippen LogP contribution in [0.5, 0.6) is 11.5 Å². The van der Waals surface area contributed by atoms with Crippen molar-refractivity contribution < 1.29 is 13.9 Å². The number of carbonyl (C=O) groups excluding carboxylic acids is 1. The number of nitrogen functional groups attached to an aromatic ring is 1. The maximum atomic E-state index is 13.6. The van der Waals surface area contributed by atoms with E-state index < -0.39 is 0 Å². The van der Waals surface area contributed by atoms with Crippen LogP contribution in [0.25, 0.3) is 0 Å². The molecule has 0 aliphatic rings. The lowest BCUT2D eigenvalue weighted by Gasteiger charge is -2.15. The summed E-state index contributed by atoms with van der Waals surface area (Å²) in [7, 11) is 3.29. The summed E-state index contributed by atoms with van der Waals surface area (Å²) in [5, 5.41) is 0. The average molecular weight is 288 g/mol. The van der Waals surface area contributed by atoms with Crippen molar-refractivity contribution in [3.63, 3.8) is 0 Å². The van der Waals surface area contributed by atoms with E-state index in [4.69, 9.17) is 10.5 Å². The van der Waals surface area contributed by atoms with Gasteiger partial charge in [0.05, 0.1) is 5.56 Å². The number of hydrogen-bond acceptors (Lipinski definition) is 3. The van der Waals surface area contributed by atoms with Gasteiger partial charge in [-0.1, -0.05) is 6.07 Å². The standard InChI is InChI=1S/C16H17FN2O2/c1-10-4-6-12(9-14(10)17)21-15-8-11(18)5-7-13(15)16(20)19(2)3/h4-9H,18H2,1-3H3. The van der Waals surface area contributed by atoms with Gasteiger partial charge < -0.3 is 15.4 Å². The fraction of sp³-hybridized carbons (Fsp3) is 0.188. The van der Waals surface area contributed by atoms with Gasteiger partial charge in [-0.25, -0.2) is 4.39 Å². The molecule has 0 saturated heterocycles. The molecule has 0 aliphatic carbocycles. The third-order valence-electron chi connectivity index (χ3n) is 3.01. The zero-order valence-corrected chi connectivity index (χ0v) is 12.2. The van der Waals surface area contributed by atoms with E-state index in [0.717, 1.165) is 0 Å². The van der Waals surface area contributed by atoms with Gasteiger partial charge in [-0.2, -0.15) is 0 Å². The molecule has 0 heterocycles. The van der Waals surface area contributed by atoms with Crippen LogP contribution in [-0.2, 0) is 0 Å². The third-order valence-corrected chi connectivity index (χ3v) is 3.01. The molecule has 110 valence electrons. The number of nitrogens with two attached hydrogens (primary N) is 1. The summed E-state index contributed by atoms with van der Waals surface area (Å²) in [6.07, 6.45) is 0. The van der Waals surface area contributed by atoms with E-state index in [1.54, 1.807) is 51.4 Å². The van der Waals surface area contributed by atoms with Crippen LogP contribution in [0.4, 0.5) is 10.1 Å². The molecule has 21 heavy (non-hydrogen) atoms. The summed E-state index contributed by atoms with van der Waals surface area (Å²) in [6.45, 7) is 1.67. The Morgan fingerprint density at radius 1 is 1.19 bits per heavy atom. The number of rotatable bonds is 3. The molecule has 0 saturated carbocycles. The van der Waals surface area contributed by atoms with E-state index in [1.165, 1.54) is 11.0 Å². The van der Waals surface area contributed by atoms with E-state index in [9.17, 15) is 9.18 Å². The first-order valence-corrected chi connectivity index (χ1v) is 6.43. The Morgan fingerprint density at radius 2 is 1.90 bits per heavy atom. The largest absolute Gasteiger partial charge is 0.456 e. The Hall–Kier alpha value is -2.56. The van der Waals surface area contributed by atoms with Crippen molar-refractivity contribution in [2.45, 2.75) is 6.92 Å². The molecule has 2 N–H and O–H groups in total. The SMILES string of the molecule is Cc1ccc(Oc2cc(N)ccc2C(=O)N(C)C)cc1F. The predicted molar refractivity (Wildman–Crippen MR) is 80.1 cm³/mol. The molecule has 4 nitrogen and oxygen atoms in total. The summed E-state index contributed by atoms with van der Waals surface area (Å²) >= 11 is 0. The number of benzene rings is 2. The second kappa shape index (κ2) is 5.83. The van der Waals surface area contributed by atoms with Crippen molar-refractivity contribution in [1.29, 1.82) is 0 Å². The molecule has 0 atom stereocenters. The predicted octanol–water partition coefficient (Wildman–Crippen LogP) is 3.21. The number of hydrogen-bond donors (Lipinski definition) is 1. The Morgan fingerprint density at radius 3 is 2.52 bits per heavy atom. The lowest BCUT2D eigenvalue weighted by Crippen LogP contribution is -2.22. The number of carbonyl (C=O) groups is 1. The molecule has 0 fully saturated rings. The third kappa shape index (κ3) is 3.31. The molecule has 0 unspecified atom stereocenters. The fourth-order valence-electron chi connectivity index (χ4n) is 1.80. The zero-order chi connectivity index (χ0) is 15.6. The Kier molecular flexibility index (Phi) is 4.12. The summed E-state index contributed by atoms with van der Waals surface area (Å²) in [6, 6.07) is 9.31. The summed E-state index contributed by atoms with van der Waals surface area (Å²) in [5.41, 5.74) is 7.10. The molecular formula is C16H17FN2O2. The average Bonchev–Trinajstić information content (AvgIpc) is 2.42. The number of anilines is 1. The topological polar surface area (TPSA) is 55.6 Å². The molecule has 0 spiro atoms. The zero-order valence-electron chi connectivity index (χ0n) is 12.2. The van der Waals surface area contributed by atoms with Crippen molar-refractivity contribution >= 4 is 11.6 Å². The molecule has 2 aromatic carbocycles. The Balaban J connectivity index is 2.40. The molecule has 0 radical (unpaired) electrons. The van der Waals surface area contributed by atoms with Gasteiger partial charge in [0.25, 0.3) is 5.91 Å². The van der Waals surface area contributed by atoms with Crippen molar-refractivity contribution in [1.82, 2.24) is 4.90 Å². The van der Waals surface area contributed by atoms with Gasteiger partial charge in [-0.15, -0.1) is 0 Å². The van der Waals surface area contributed by atoms with Crippen LogP contribution in [0.1, 0.15) is 15.9 Å². The first-order chi connectivity index (χ1) is 9.88. The van der Waals surface area contributed by atoms with Gasteiger partial charge in [0.15, 0.2) is 0 Å². The number of ether oxygens (including phenoxy) is 1. The number of aryl methyl sites for hydroxylation is 1. The van der Waals surface area contributed by atoms with Gasteiger partial charge >= 0.3 is 0 Å². The molecule has 0 aromatic heterocycles. The minimum absolute atomic E-state index is 0.211. The molecule has 0 aliphatic heterocycles. The van der Waals surface area contributed by atoms with Crippen molar-refractivity contribution in [3.05, 3.63) is 53.3 Å². The monoisotopic (exact) mass is 288 g/mol. The lowest BCUT2D eigenvalue weighted by molar-refractivity contribution is 0.0825. The van der Waals surface area contributed by atoms with Crippen LogP contribution in [0, 0.1) is 12.7 Å². The van der Waals surface area contributed by atoms with Gasteiger partial charge in [-0.3, -0.25) is 4.79 Å². The van der Waals surface area contributed by atoms with Crippen LogP contribution in [0.2, 0.25) is 0 Å². The van der Waals surface area contributed by atoms with Crippen LogP contribution in [-0.4, -0.2) is 24.9 Å². The van der Waals surface area contributed by atoms with Gasteiger partial charge in [0.1, 0.15) is 17.3 Å². The molecule has 0 bridgehead atoms. The summed E-state index contributed by atoms with van der Waals surface area (Å²) < 4.78 is 19.2. The second-order valence-corrected chi connectivity index (χ2v) is 4.97. The first-order valence-electron chi connectivity index (χ1n) is 6.43. The maximum absolute atomic E-state index is 13.6. The highest BCUT2D eigenvalue weighted by molar-refractivity contribution is 5.97. The minimum atomic E-state index is -0.364. The van der Waals surface area contributed by atoms with E-state index in [0.29, 0.717) is 28.3 Å². The normalized spacial score (nSPS) is 10.3. The fourth-order valence-corrected chi connectivity index (χ4v) is 1.80. The van der Waals surface area contributed by atoms with Gasteiger partial charge in [-0.05, 0) is 30.7 Å². The number of amides is 1. The highest BCUT2D eigenvalue weighted by Crippen LogP contribution is 2.29. The Labute approximate surface area is 122 Å². The smallest absolute Gasteiger partial charge is 0.257 e. The summed E-state index contributed by atoms with van der Waals surface area (Å²) in [5.74, 6) is 0.0444. The van der Waals surface area contributed by atoms with Gasteiger partial charge in [0, 0.05) is 31.9 Å². The van der Waals surface area contributed by atoms with E-state index in [1.807, 2.05) is 0 Å². The highest BCUT2D eigenvalue weighted by Gasteiger charge is 2.15. The number of halogens is 1. The number of nitrogens with zero attached hydrogens (tertiary/aromatic N) is 1. The van der Waals surface area contributed by atoms with Crippen molar-refractivity contribution in [2.24, 2.45) is 0 Å². The Bertz CT molecular complexity index is 684. The molecule has 5 heteroatoms. The summed E-state index contributed by atoms with van der Waals surface area (Å²) in [4.78, 5) is 13.6. The van der Waals surface area contributed by atoms with Gasteiger partial charge in [0.2, 0.25) is 0 Å². The molecular weight excluding hydrogens is 271 g/mol. The van der Waals surface area contributed by atoms with Crippen molar-refractivity contribution in [2.75, 3.05) is 19.8 Å². The molecule has 2 aromatic rings. The van der Waals surface area contributed by atoms with Crippen molar-refractivity contribution in [3.8, 4) is 11.5 Å². The maximum Gasteiger partial charge on any atom is 0.257 e. The first kappa shape index (κ1) is 14.8. The molecule has 1 amide bonds. The van der Waals surface area contributed by atoms with E-state index >= 15 is 0 Å².